The van der Waals surface area contributed by atoms with E-state index in [1.54, 1.807) is 0 Å². The summed E-state index contributed by atoms with van der Waals surface area (Å²) in [5.74, 6) is 0. The summed E-state index contributed by atoms with van der Waals surface area (Å²) in [6.45, 7) is 0.431. The molecule has 0 bridgehead atoms. The zero-order chi connectivity index (χ0) is 14.4. The number of hydrogen-bond acceptors (Lipinski definition) is 6. The van der Waals surface area contributed by atoms with E-state index in [1.807, 2.05) is 0 Å². The Hall–Kier alpha value is 0.220. The Labute approximate surface area is 106 Å². The van der Waals surface area contributed by atoms with Gasteiger partial charge in [0.05, 0.1) is 0 Å². The van der Waals surface area contributed by atoms with Crippen molar-refractivity contribution in [2.75, 3.05) is 20.8 Å². The zero-order valence-electron chi connectivity index (χ0n) is 10.5. The highest BCUT2D eigenvalue weighted by molar-refractivity contribution is 7.72. The lowest BCUT2D eigenvalue weighted by molar-refractivity contribution is 0.108. The minimum absolute atomic E-state index is 0.246. The van der Waals surface area contributed by atoms with Gasteiger partial charge in [0, 0.05) is 14.2 Å². The zero-order valence-corrected chi connectivity index (χ0v) is 12.3. The van der Waals surface area contributed by atoms with E-state index in [0.29, 0.717) is 19.4 Å². The topological polar surface area (TPSA) is 139 Å². The van der Waals surface area contributed by atoms with Crippen molar-refractivity contribution in [2.45, 2.75) is 30.8 Å². The lowest BCUT2D eigenvalue weighted by Crippen LogP contribution is -2.30. The molecular formula is C8H21NO7P2. The molecule has 18 heavy (non-hydrogen) atoms. The summed E-state index contributed by atoms with van der Waals surface area (Å²) in [6, 6.07) is 0. The van der Waals surface area contributed by atoms with Crippen molar-refractivity contribution >= 4 is 15.2 Å². The Kier molecular flexibility index (Phi) is 7.21. The van der Waals surface area contributed by atoms with E-state index in [-0.39, 0.29) is 6.42 Å². The van der Waals surface area contributed by atoms with Gasteiger partial charge >= 0.3 is 15.2 Å². The summed E-state index contributed by atoms with van der Waals surface area (Å²) < 4.78 is 32.0. The van der Waals surface area contributed by atoms with E-state index in [9.17, 15) is 24.0 Å². The molecule has 0 fully saturated rings. The van der Waals surface area contributed by atoms with E-state index >= 15 is 0 Å². The highest BCUT2D eigenvalue weighted by atomic mass is 31.2. The maximum absolute atomic E-state index is 11.7. The molecule has 110 valence electrons. The van der Waals surface area contributed by atoms with E-state index < -0.39 is 26.7 Å². The third-order valence-electron chi connectivity index (χ3n) is 2.62. The predicted molar refractivity (Wildman–Crippen MR) is 66.1 cm³/mol. The normalized spacial score (nSPS) is 21.9. The lowest BCUT2D eigenvalue weighted by Gasteiger charge is -2.32. The van der Waals surface area contributed by atoms with Crippen LogP contribution in [0.1, 0.15) is 25.7 Å². The first kappa shape index (κ1) is 18.2. The molecule has 0 saturated carbocycles. The van der Waals surface area contributed by atoms with Crippen molar-refractivity contribution in [3.05, 3.63) is 0 Å². The van der Waals surface area contributed by atoms with Crippen molar-refractivity contribution < 1.29 is 33.1 Å². The second kappa shape index (κ2) is 7.12. The summed E-state index contributed by atoms with van der Waals surface area (Å²) in [7, 11) is -7.64. The molecule has 0 aromatic carbocycles. The third kappa shape index (κ3) is 3.85. The van der Waals surface area contributed by atoms with Gasteiger partial charge in [-0.3, -0.25) is 9.13 Å². The van der Waals surface area contributed by atoms with Gasteiger partial charge in [-0.1, -0.05) is 6.42 Å². The highest BCUT2D eigenvalue weighted by Gasteiger charge is 2.60. The van der Waals surface area contributed by atoms with E-state index in [1.165, 1.54) is 0 Å². The average Bonchev–Trinajstić information content (AvgIpc) is 2.33. The fraction of sp³-hybridized carbons (Fsp3) is 1.00. The molecule has 0 aliphatic carbocycles. The number of nitrogens with two attached hydrogens (primary N) is 1. The molecule has 2 atom stereocenters. The molecule has 0 aliphatic rings. The van der Waals surface area contributed by atoms with Crippen LogP contribution in [0.3, 0.4) is 0 Å². The van der Waals surface area contributed by atoms with Gasteiger partial charge in [0.1, 0.15) is 0 Å². The van der Waals surface area contributed by atoms with E-state index in [2.05, 4.69) is 9.05 Å². The van der Waals surface area contributed by atoms with Crippen LogP contribution in [-0.2, 0) is 18.2 Å². The summed E-state index contributed by atoms with van der Waals surface area (Å²) in [4.78, 5) is 19.0. The van der Waals surface area contributed by atoms with Crippen LogP contribution in [0.25, 0.3) is 0 Å². The molecule has 0 radical (unpaired) electrons. The Morgan fingerprint density at radius 2 is 1.50 bits per heavy atom. The van der Waals surface area contributed by atoms with Crippen LogP contribution in [0.2, 0.25) is 0 Å². The van der Waals surface area contributed by atoms with Gasteiger partial charge in [-0.05, 0) is 25.8 Å². The van der Waals surface area contributed by atoms with Crippen LogP contribution in [0.15, 0.2) is 0 Å². The van der Waals surface area contributed by atoms with Crippen LogP contribution >= 0.6 is 15.2 Å². The minimum Gasteiger partial charge on any atom is -0.368 e. The maximum atomic E-state index is 11.7. The Morgan fingerprint density at radius 1 is 1.06 bits per heavy atom. The van der Waals surface area contributed by atoms with Crippen molar-refractivity contribution in [1.82, 2.24) is 0 Å². The van der Waals surface area contributed by atoms with Crippen LogP contribution in [-0.4, -0.2) is 40.7 Å². The summed E-state index contributed by atoms with van der Waals surface area (Å²) in [5.41, 5.74) is 5.28. The molecular weight excluding hydrogens is 284 g/mol. The molecule has 0 aromatic rings. The first-order valence-corrected chi connectivity index (χ1v) is 8.53. The number of rotatable bonds is 9. The van der Waals surface area contributed by atoms with Crippen molar-refractivity contribution in [1.29, 1.82) is 0 Å². The largest absolute Gasteiger partial charge is 0.371 e. The number of unbranched alkanes of at least 4 members (excludes halogenated alkanes) is 2. The van der Waals surface area contributed by atoms with Crippen LogP contribution < -0.4 is 5.73 Å². The van der Waals surface area contributed by atoms with Crippen molar-refractivity contribution in [3.63, 3.8) is 0 Å². The Bertz CT molecular complexity index is 324. The average molecular weight is 305 g/mol. The summed E-state index contributed by atoms with van der Waals surface area (Å²) in [5, 5.41) is 7.24. The molecule has 8 nitrogen and oxygen atoms in total. The Balaban J connectivity index is 5.07. The number of hydrogen-bond donors (Lipinski definition) is 4. The van der Waals surface area contributed by atoms with Gasteiger partial charge in [0.15, 0.2) is 0 Å². The summed E-state index contributed by atoms with van der Waals surface area (Å²) >= 11 is 0. The van der Waals surface area contributed by atoms with Crippen LogP contribution in [0.4, 0.5) is 0 Å². The quantitative estimate of drug-likeness (QED) is 0.362. The van der Waals surface area contributed by atoms with Gasteiger partial charge in [-0.2, -0.15) is 0 Å². The first-order chi connectivity index (χ1) is 8.18. The fourth-order valence-corrected chi connectivity index (χ4v) is 4.65. The molecule has 0 aliphatic heterocycles. The smallest absolute Gasteiger partial charge is 0.368 e. The maximum Gasteiger partial charge on any atom is 0.371 e. The second-order valence-corrected chi connectivity index (χ2v) is 8.42. The van der Waals surface area contributed by atoms with Crippen LogP contribution in [0.5, 0.6) is 0 Å². The Morgan fingerprint density at radius 3 is 1.83 bits per heavy atom. The molecule has 0 aromatic heterocycles. The second-order valence-electron chi connectivity index (χ2n) is 3.78. The van der Waals surface area contributed by atoms with Crippen LogP contribution in [0, 0.1) is 0 Å². The van der Waals surface area contributed by atoms with Gasteiger partial charge in [0.25, 0.3) is 5.08 Å². The molecule has 0 rings (SSSR count). The summed E-state index contributed by atoms with van der Waals surface area (Å²) in [6.07, 6.45) is 1.04. The highest BCUT2D eigenvalue weighted by Crippen LogP contribution is 2.73. The molecule has 0 spiro atoms. The molecule has 0 amide bonds. The predicted octanol–water partition coefficient (Wildman–Crippen LogP) is 0.815. The molecule has 10 heteroatoms. The van der Waals surface area contributed by atoms with Gasteiger partial charge in [-0.15, -0.1) is 0 Å². The first-order valence-electron chi connectivity index (χ1n) is 5.38. The van der Waals surface area contributed by atoms with Crippen molar-refractivity contribution in [2.24, 2.45) is 5.73 Å². The number of aliphatic hydroxyl groups is 1. The lowest BCUT2D eigenvalue weighted by atomic mass is 10.2. The van der Waals surface area contributed by atoms with E-state index in [0.717, 1.165) is 14.2 Å². The molecule has 0 heterocycles. The SMILES string of the molecule is COP(=O)(O)C(O)(CCCCCN)P(=O)(O)OC. The monoisotopic (exact) mass is 305 g/mol. The van der Waals surface area contributed by atoms with Gasteiger partial charge < -0.3 is 29.7 Å². The molecule has 5 N–H and O–H groups in total. The molecule has 0 saturated heterocycles. The third-order valence-corrected chi connectivity index (χ3v) is 7.38. The van der Waals surface area contributed by atoms with Crippen molar-refractivity contribution in [3.8, 4) is 0 Å². The van der Waals surface area contributed by atoms with Gasteiger partial charge in [-0.25, -0.2) is 0 Å². The standard InChI is InChI=1S/C8H21NO7P2/c1-15-17(11,12)8(10,18(13,14)16-2)6-4-3-5-7-9/h10H,3-7,9H2,1-2H3,(H,11,12)(H,13,14). The molecule has 2 unspecified atom stereocenters. The van der Waals surface area contributed by atoms with Gasteiger partial charge in [0.2, 0.25) is 0 Å². The fourth-order valence-electron chi connectivity index (χ4n) is 1.42. The minimum atomic E-state index is -4.70. The van der Waals surface area contributed by atoms with E-state index in [4.69, 9.17) is 5.73 Å².